The maximum atomic E-state index is 13.3. The van der Waals surface area contributed by atoms with Crippen LogP contribution in [0.3, 0.4) is 0 Å². The predicted molar refractivity (Wildman–Crippen MR) is 99.0 cm³/mol. The molecule has 146 valence electrons. The highest BCUT2D eigenvalue weighted by Crippen LogP contribution is 2.26. The Morgan fingerprint density at radius 2 is 2.23 bits per heavy atom. The number of pyridine rings is 1. The van der Waals surface area contributed by atoms with Gasteiger partial charge in [0.15, 0.2) is 5.03 Å². The van der Waals surface area contributed by atoms with Gasteiger partial charge in [0, 0.05) is 19.2 Å². The van der Waals surface area contributed by atoms with E-state index < -0.39 is 28.1 Å². The molecular weight excluding hydrogens is 354 g/mol. The average molecular weight is 384 g/mol. The molecule has 2 rings (SSSR count). The van der Waals surface area contributed by atoms with Crippen molar-refractivity contribution in [3.63, 3.8) is 0 Å². The van der Waals surface area contributed by atoms with Gasteiger partial charge in [0.05, 0.1) is 12.1 Å². The largest absolute Gasteiger partial charge is 0.390 e. The van der Waals surface area contributed by atoms with Crippen LogP contribution in [0.4, 0.5) is 0 Å². The molecule has 0 bridgehead atoms. The number of β-amino-alcohol motifs (C(OH)–C–C–N with tert-alkyl or cyclic N) is 1. The first kappa shape index (κ1) is 20.8. The zero-order valence-corrected chi connectivity index (χ0v) is 16.5. The molecule has 2 heterocycles. The number of hydrogen-bond donors (Lipinski definition) is 2. The molecule has 0 aromatic carbocycles. The average Bonchev–Trinajstić information content (AvgIpc) is 2.80. The van der Waals surface area contributed by atoms with Crippen LogP contribution in [0.1, 0.15) is 45.1 Å². The summed E-state index contributed by atoms with van der Waals surface area (Å²) in [7, 11) is -4.15. The van der Waals surface area contributed by atoms with Gasteiger partial charge in [0.1, 0.15) is 0 Å². The van der Waals surface area contributed by atoms with Crippen LogP contribution in [0.2, 0.25) is 0 Å². The molecule has 1 aliphatic rings. The first-order valence-electron chi connectivity index (χ1n) is 9.16. The van der Waals surface area contributed by atoms with E-state index in [1.54, 1.807) is 19.1 Å². The lowest BCUT2D eigenvalue weighted by Crippen LogP contribution is -2.52. The van der Waals surface area contributed by atoms with E-state index in [1.165, 1.54) is 6.20 Å². The lowest BCUT2D eigenvalue weighted by molar-refractivity contribution is -0.130. The van der Waals surface area contributed by atoms with E-state index >= 15 is 0 Å². The molecule has 0 saturated carbocycles. The third-order valence-electron chi connectivity index (χ3n) is 4.88. The number of hydrogen-bond acceptors (Lipinski definition) is 6. The second kappa shape index (κ2) is 8.92. The summed E-state index contributed by atoms with van der Waals surface area (Å²) in [5, 5.41) is 13.5. The van der Waals surface area contributed by atoms with Crippen LogP contribution in [0.5, 0.6) is 0 Å². The van der Waals surface area contributed by atoms with E-state index in [1.807, 2.05) is 13.8 Å². The van der Waals surface area contributed by atoms with Gasteiger partial charge in [0.2, 0.25) is 5.91 Å². The monoisotopic (exact) mass is 383 g/mol. The summed E-state index contributed by atoms with van der Waals surface area (Å²) in [6.07, 6.45) is 2.46. The number of aliphatic hydroxyl groups excluding tert-OH is 1. The molecule has 0 spiro atoms. The van der Waals surface area contributed by atoms with Crippen molar-refractivity contribution >= 4 is 15.9 Å². The molecular formula is C18H29N3O4S. The third kappa shape index (κ3) is 4.61. The van der Waals surface area contributed by atoms with Crippen molar-refractivity contribution in [2.75, 3.05) is 13.1 Å². The zero-order chi connectivity index (χ0) is 19.3. The number of carbonyl (C=O) groups excluding carboxylic acids is 1. The number of nitrogens with zero attached hydrogens (tertiary/aromatic N) is 2. The van der Waals surface area contributed by atoms with Crippen molar-refractivity contribution in [3.8, 4) is 0 Å². The van der Waals surface area contributed by atoms with Crippen molar-refractivity contribution in [2.24, 2.45) is 5.92 Å². The number of aliphatic hydroxyl groups is 1. The van der Waals surface area contributed by atoms with Gasteiger partial charge in [-0.3, -0.25) is 4.79 Å². The Morgan fingerprint density at radius 3 is 2.88 bits per heavy atom. The SMILES string of the molecule is CC[C@H](C)CC(=O)N(C1CCCNCC1O)S(=O)(=O)c1ncccc1C. The molecule has 3 atom stereocenters. The Balaban J connectivity index is 2.48. The van der Waals surface area contributed by atoms with Crippen LogP contribution >= 0.6 is 0 Å². The van der Waals surface area contributed by atoms with Crippen molar-refractivity contribution in [1.29, 1.82) is 0 Å². The van der Waals surface area contributed by atoms with Crippen molar-refractivity contribution in [1.82, 2.24) is 14.6 Å². The maximum Gasteiger partial charge on any atom is 0.284 e. The van der Waals surface area contributed by atoms with Crippen LogP contribution in [-0.4, -0.2) is 54.0 Å². The molecule has 7 nitrogen and oxygen atoms in total. The molecule has 2 N–H and O–H groups in total. The fourth-order valence-electron chi connectivity index (χ4n) is 3.15. The predicted octanol–water partition coefficient (Wildman–Crippen LogP) is 1.46. The first-order chi connectivity index (χ1) is 12.3. The van der Waals surface area contributed by atoms with Gasteiger partial charge in [-0.15, -0.1) is 0 Å². The fraction of sp³-hybridized carbons (Fsp3) is 0.667. The number of rotatable bonds is 6. The summed E-state index contributed by atoms with van der Waals surface area (Å²) in [6, 6.07) is 2.53. The summed E-state index contributed by atoms with van der Waals surface area (Å²) in [5.41, 5.74) is 0.482. The molecule has 1 aliphatic heterocycles. The molecule has 0 radical (unpaired) electrons. The second-order valence-electron chi connectivity index (χ2n) is 7.02. The quantitative estimate of drug-likeness (QED) is 0.771. The van der Waals surface area contributed by atoms with Gasteiger partial charge in [-0.2, -0.15) is 8.42 Å². The van der Waals surface area contributed by atoms with Crippen LogP contribution in [0.25, 0.3) is 0 Å². The smallest absolute Gasteiger partial charge is 0.284 e. The second-order valence-corrected chi connectivity index (χ2v) is 8.75. The van der Waals surface area contributed by atoms with E-state index in [0.717, 1.165) is 10.7 Å². The van der Waals surface area contributed by atoms with Crippen molar-refractivity contribution in [3.05, 3.63) is 23.9 Å². The number of carbonyl (C=O) groups is 1. The van der Waals surface area contributed by atoms with E-state index in [2.05, 4.69) is 10.3 Å². The molecule has 1 aromatic heterocycles. The topological polar surface area (TPSA) is 99.6 Å². The third-order valence-corrected chi connectivity index (χ3v) is 6.79. The minimum Gasteiger partial charge on any atom is -0.390 e. The van der Waals surface area contributed by atoms with Gasteiger partial charge in [0.25, 0.3) is 10.0 Å². The molecule has 0 aliphatic carbocycles. The Kier molecular flexibility index (Phi) is 7.14. The van der Waals surface area contributed by atoms with Gasteiger partial charge in [-0.1, -0.05) is 26.3 Å². The lowest BCUT2D eigenvalue weighted by Gasteiger charge is -2.33. The number of aromatic nitrogens is 1. The van der Waals surface area contributed by atoms with Gasteiger partial charge < -0.3 is 10.4 Å². The summed E-state index contributed by atoms with van der Waals surface area (Å²) in [4.78, 5) is 17.0. The standard InChI is InChI=1S/C18H29N3O4S/c1-4-13(2)11-17(23)21(15-8-6-9-19-12-16(15)22)26(24,25)18-14(3)7-5-10-20-18/h5,7,10,13,15-16,19,22H,4,6,8-9,11-12H2,1-3H3/t13-,15?,16?/m0/s1. The van der Waals surface area contributed by atoms with Crippen LogP contribution < -0.4 is 5.32 Å². The minimum absolute atomic E-state index is 0.0612. The van der Waals surface area contributed by atoms with Crippen LogP contribution in [0.15, 0.2) is 23.4 Å². The Bertz CT molecular complexity index is 723. The number of aryl methyl sites for hydroxylation is 1. The van der Waals surface area contributed by atoms with Crippen LogP contribution in [-0.2, 0) is 14.8 Å². The zero-order valence-electron chi connectivity index (χ0n) is 15.7. The maximum absolute atomic E-state index is 13.3. The Hall–Kier alpha value is -1.51. The number of amides is 1. The minimum atomic E-state index is -4.15. The van der Waals surface area contributed by atoms with E-state index in [4.69, 9.17) is 0 Å². The van der Waals surface area contributed by atoms with Gasteiger partial charge in [-0.25, -0.2) is 9.29 Å². The summed E-state index contributed by atoms with van der Waals surface area (Å²) >= 11 is 0. The molecule has 1 aromatic rings. The molecule has 26 heavy (non-hydrogen) atoms. The number of nitrogens with one attached hydrogen (secondary N) is 1. The molecule has 8 heteroatoms. The van der Waals surface area contributed by atoms with Crippen molar-refractivity contribution in [2.45, 2.75) is 63.6 Å². The summed E-state index contributed by atoms with van der Waals surface area (Å²) < 4.78 is 27.6. The highest BCUT2D eigenvalue weighted by molar-refractivity contribution is 7.89. The summed E-state index contributed by atoms with van der Waals surface area (Å²) in [6.45, 7) is 6.48. The summed E-state index contributed by atoms with van der Waals surface area (Å²) in [5.74, 6) is -0.415. The molecule has 1 saturated heterocycles. The molecule has 2 unspecified atom stereocenters. The highest BCUT2D eigenvalue weighted by Gasteiger charge is 2.40. The first-order valence-corrected chi connectivity index (χ1v) is 10.6. The Morgan fingerprint density at radius 1 is 1.50 bits per heavy atom. The lowest BCUT2D eigenvalue weighted by atomic mass is 10.0. The van der Waals surface area contributed by atoms with Gasteiger partial charge >= 0.3 is 0 Å². The van der Waals surface area contributed by atoms with E-state index in [-0.39, 0.29) is 23.9 Å². The van der Waals surface area contributed by atoms with Crippen molar-refractivity contribution < 1.29 is 18.3 Å². The Labute approximate surface area is 155 Å². The molecule has 1 fully saturated rings. The van der Waals surface area contributed by atoms with E-state index in [0.29, 0.717) is 24.9 Å². The normalized spacial score (nSPS) is 22.5. The van der Waals surface area contributed by atoms with E-state index in [9.17, 15) is 18.3 Å². The van der Waals surface area contributed by atoms with Gasteiger partial charge in [-0.05, 0) is 43.9 Å². The van der Waals surface area contributed by atoms with Crippen LogP contribution in [0, 0.1) is 12.8 Å². The fourth-order valence-corrected chi connectivity index (χ4v) is 4.95. The number of sulfonamides is 1. The highest BCUT2D eigenvalue weighted by atomic mass is 32.2. The molecule has 1 amide bonds.